The molecule has 0 saturated carbocycles. The van der Waals surface area contributed by atoms with Gasteiger partial charge in [0.25, 0.3) is 0 Å². The fourth-order valence-electron chi connectivity index (χ4n) is 0. The molecule has 0 aliphatic rings. The maximum atomic E-state index is 11.1. The summed E-state index contributed by atoms with van der Waals surface area (Å²) in [6.07, 6.45) is -4.60. The lowest BCUT2D eigenvalue weighted by atomic mass is 10.7. The fraction of sp³-hybridized carbons (Fsp3) is 1.00. The molecule has 0 saturated heterocycles. The van der Waals surface area contributed by atoms with E-state index in [2.05, 4.69) is 0 Å². The van der Waals surface area contributed by atoms with Crippen LogP contribution >= 0.6 is 0 Å². The largest absolute Gasteiger partial charge is 0.415 e. The van der Waals surface area contributed by atoms with E-state index < -0.39 is 22.2 Å². The van der Waals surface area contributed by atoms with E-state index in [9.17, 15) is 17.6 Å². The Balaban J connectivity index is 3.54. The molecule has 1 atom stereocenters. The summed E-state index contributed by atoms with van der Waals surface area (Å²) in [6.45, 7) is 0. The van der Waals surface area contributed by atoms with Crippen molar-refractivity contribution in [2.24, 2.45) is 0 Å². The predicted molar refractivity (Wildman–Crippen MR) is 20.9 cm³/mol. The Morgan fingerprint density at radius 3 is 1.43 bits per heavy atom. The van der Waals surface area contributed by atoms with Crippen molar-refractivity contribution >= 4 is 10.2 Å². The van der Waals surface area contributed by atoms with Crippen molar-refractivity contribution < 1.29 is 17.6 Å². The van der Waals surface area contributed by atoms with Crippen molar-refractivity contribution in [1.82, 2.24) is 0 Å². The zero-order valence-electron chi connectivity index (χ0n) is 3.59. The van der Waals surface area contributed by atoms with Crippen LogP contribution in [0.25, 0.3) is 0 Å². The molecule has 0 aromatic carbocycles. The Morgan fingerprint density at radius 1 is 1.29 bits per heavy atom. The van der Waals surface area contributed by atoms with Crippen LogP contribution in [0.1, 0.15) is 0 Å². The molecule has 0 N–H and O–H groups in total. The minimum Gasteiger partial charge on any atom is -0.243 e. The third-order valence-electron chi connectivity index (χ3n) is 0.451. The molecular formula is C2H4F4Si. The minimum atomic E-state index is -4.60. The lowest BCUT2D eigenvalue weighted by Gasteiger charge is -2.04. The Kier molecular flexibility index (Phi) is 1.80. The summed E-state index contributed by atoms with van der Waals surface area (Å²) in [7, 11) is -0.464. The van der Waals surface area contributed by atoms with Gasteiger partial charge in [0.05, 0.1) is 10.2 Å². The average Bonchev–Trinajstić information content (AvgIpc) is 1.31. The van der Waals surface area contributed by atoms with E-state index in [4.69, 9.17) is 0 Å². The highest BCUT2D eigenvalue weighted by Gasteiger charge is 2.35. The van der Waals surface area contributed by atoms with E-state index in [0.717, 1.165) is 0 Å². The molecule has 0 fully saturated rings. The summed E-state index contributed by atoms with van der Waals surface area (Å²) in [4.78, 5) is 0. The van der Waals surface area contributed by atoms with Gasteiger partial charge in [0.2, 0.25) is 0 Å². The van der Waals surface area contributed by atoms with Crippen molar-refractivity contribution in [2.45, 2.75) is 12.0 Å². The summed E-state index contributed by atoms with van der Waals surface area (Å²) in [5, 5.41) is 0. The highest BCUT2D eigenvalue weighted by Crippen LogP contribution is 2.19. The van der Waals surface area contributed by atoms with Crippen LogP contribution in [0.3, 0.4) is 0 Å². The quantitative estimate of drug-likeness (QED) is 0.326. The van der Waals surface area contributed by atoms with Gasteiger partial charge in [-0.15, -0.1) is 0 Å². The van der Waals surface area contributed by atoms with Crippen LogP contribution < -0.4 is 0 Å². The third kappa shape index (κ3) is 2.61. The first-order valence-electron chi connectivity index (χ1n) is 1.65. The van der Waals surface area contributed by atoms with Gasteiger partial charge in [-0.3, -0.25) is 0 Å². The van der Waals surface area contributed by atoms with Gasteiger partial charge >= 0.3 is 6.18 Å². The number of rotatable bonds is 0. The van der Waals surface area contributed by atoms with Gasteiger partial charge in [-0.1, -0.05) is 0 Å². The molecule has 0 aromatic heterocycles. The zero-order chi connectivity index (χ0) is 6.08. The maximum Gasteiger partial charge on any atom is 0.415 e. The zero-order valence-corrected chi connectivity index (χ0v) is 5.59. The molecule has 0 rings (SSSR count). The highest BCUT2D eigenvalue weighted by atomic mass is 28.1. The standard InChI is InChI=1S/C2H4F4Si/c3-1(7)2(4,5)6/h1H,7H3. The summed E-state index contributed by atoms with van der Waals surface area (Å²) in [6, 6.07) is 0. The Bertz CT molecular complexity index is 55.2. The molecule has 0 radical (unpaired) electrons. The van der Waals surface area contributed by atoms with Crippen LogP contribution in [-0.2, 0) is 0 Å². The number of alkyl halides is 4. The van der Waals surface area contributed by atoms with Gasteiger partial charge in [0.1, 0.15) is 0 Å². The smallest absolute Gasteiger partial charge is 0.243 e. The van der Waals surface area contributed by atoms with E-state index in [1.54, 1.807) is 0 Å². The maximum absolute atomic E-state index is 11.1. The van der Waals surface area contributed by atoms with E-state index in [0.29, 0.717) is 0 Å². The summed E-state index contributed by atoms with van der Waals surface area (Å²) < 4.78 is 43.7. The molecule has 0 nitrogen and oxygen atoms in total. The Hall–Kier alpha value is -0.0631. The minimum absolute atomic E-state index is 0.464. The van der Waals surface area contributed by atoms with Gasteiger partial charge in [-0.05, 0) is 0 Å². The number of halogens is 4. The van der Waals surface area contributed by atoms with Crippen LogP contribution in [0.5, 0.6) is 0 Å². The van der Waals surface area contributed by atoms with Crippen molar-refractivity contribution in [3.05, 3.63) is 0 Å². The van der Waals surface area contributed by atoms with E-state index in [1.807, 2.05) is 0 Å². The van der Waals surface area contributed by atoms with Crippen LogP contribution in [0.4, 0.5) is 17.6 Å². The van der Waals surface area contributed by atoms with Crippen molar-refractivity contribution in [1.29, 1.82) is 0 Å². The van der Waals surface area contributed by atoms with Crippen molar-refractivity contribution in [3.8, 4) is 0 Å². The molecule has 44 valence electrons. The number of hydrogen-bond donors (Lipinski definition) is 0. The van der Waals surface area contributed by atoms with E-state index in [1.165, 1.54) is 0 Å². The first-order valence-corrected chi connectivity index (χ1v) is 2.81. The van der Waals surface area contributed by atoms with Crippen molar-refractivity contribution in [2.75, 3.05) is 0 Å². The topological polar surface area (TPSA) is 0 Å². The lowest BCUT2D eigenvalue weighted by Crippen LogP contribution is -2.23. The summed E-state index contributed by atoms with van der Waals surface area (Å²) in [5.74, 6) is -2.56. The molecule has 7 heavy (non-hydrogen) atoms. The van der Waals surface area contributed by atoms with Crippen LogP contribution in [0.2, 0.25) is 0 Å². The fourth-order valence-corrected chi connectivity index (χ4v) is 0. The van der Waals surface area contributed by atoms with E-state index >= 15 is 0 Å². The lowest BCUT2D eigenvalue weighted by molar-refractivity contribution is -0.156. The Morgan fingerprint density at radius 2 is 1.43 bits per heavy atom. The van der Waals surface area contributed by atoms with Gasteiger partial charge in [0, 0.05) is 0 Å². The average molecular weight is 132 g/mol. The molecule has 0 spiro atoms. The molecule has 0 bridgehead atoms. The molecule has 5 heteroatoms. The first kappa shape index (κ1) is 6.94. The first-order chi connectivity index (χ1) is 2.94. The number of hydrogen-bond acceptors (Lipinski definition) is 0. The molecule has 0 aromatic rings. The second kappa shape index (κ2) is 1.81. The van der Waals surface area contributed by atoms with Gasteiger partial charge in [-0.25, -0.2) is 4.39 Å². The van der Waals surface area contributed by atoms with Gasteiger partial charge < -0.3 is 0 Å². The molecule has 0 heterocycles. The monoisotopic (exact) mass is 132 g/mol. The van der Waals surface area contributed by atoms with E-state index in [-0.39, 0.29) is 0 Å². The van der Waals surface area contributed by atoms with Crippen LogP contribution in [0, 0.1) is 0 Å². The molecular weight excluding hydrogens is 128 g/mol. The molecule has 0 aliphatic carbocycles. The highest BCUT2D eigenvalue weighted by molar-refractivity contribution is 6.11. The van der Waals surface area contributed by atoms with Gasteiger partial charge in [0.15, 0.2) is 5.79 Å². The molecule has 1 unspecified atom stereocenters. The Labute approximate surface area is 40.9 Å². The SMILES string of the molecule is FC([SiH3])C(F)(F)F. The normalized spacial score (nSPS) is 17.1. The second-order valence-electron chi connectivity index (χ2n) is 1.16. The molecule has 0 amide bonds. The van der Waals surface area contributed by atoms with Crippen LogP contribution in [-0.4, -0.2) is 22.2 Å². The van der Waals surface area contributed by atoms with Crippen LogP contribution in [0.15, 0.2) is 0 Å². The second-order valence-corrected chi connectivity index (χ2v) is 2.17. The molecule has 0 aliphatic heterocycles. The van der Waals surface area contributed by atoms with Crippen molar-refractivity contribution in [3.63, 3.8) is 0 Å². The predicted octanol–water partition coefficient (Wildman–Crippen LogP) is 0.210. The van der Waals surface area contributed by atoms with Gasteiger partial charge in [-0.2, -0.15) is 13.2 Å². The third-order valence-corrected chi connectivity index (χ3v) is 1.11. The summed E-state index contributed by atoms with van der Waals surface area (Å²) in [5.41, 5.74) is 0. The summed E-state index contributed by atoms with van der Waals surface area (Å²) >= 11 is 0.